The van der Waals surface area contributed by atoms with E-state index in [9.17, 15) is 4.79 Å². The molecule has 0 radical (unpaired) electrons. The molecule has 2 aromatic heterocycles. The number of carbonyl (C=O) groups excluding carboxylic acids is 1. The van der Waals surface area contributed by atoms with Crippen LogP contribution in [-0.4, -0.2) is 47.0 Å². The fourth-order valence-corrected chi connectivity index (χ4v) is 3.44. The van der Waals surface area contributed by atoms with E-state index in [-0.39, 0.29) is 11.9 Å². The third kappa shape index (κ3) is 3.34. The lowest BCUT2D eigenvalue weighted by Crippen LogP contribution is -2.43. The van der Waals surface area contributed by atoms with Gasteiger partial charge in [-0.25, -0.2) is 4.98 Å². The molecule has 22 heavy (non-hydrogen) atoms. The molecular formula is C16H20N4OS. The van der Waals surface area contributed by atoms with Crippen molar-refractivity contribution in [2.75, 3.05) is 20.1 Å². The highest BCUT2D eigenvalue weighted by molar-refractivity contribution is 7.13. The first-order chi connectivity index (χ1) is 10.6. The minimum absolute atomic E-state index is 0.0135. The summed E-state index contributed by atoms with van der Waals surface area (Å²) in [7, 11) is 2.12. The van der Waals surface area contributed by atoms with Gasteiger partial charge in [-0.3, -0.25) is 9.78 Å². The topological polar surface area (TPSA) is 58.1 Å². The number of piperidine rings is 1. The molecule has 0 saturated carbocycles. The van der Waals surface area contributed by atoms with Crippen LogP contribution in [0.2, 0.25) is 0 Å². The number of pyridine rings is 1. The molecule has 0 bridgehead atoms. The molecule has 0 unspecified atom stereocenters. The third-order valence-electron chi connectivity index (χ3n) is 4.05. The molecule has 3 heterocycles. The van der Waals surface area contributed by atoms with E-state index in [1.54, 1.807) is 29.1 Å². The normalized spacial score (nSPS) is 16.6. The fourth-order valence-electron chi connectivity index (χ4n) is 2.67. The van der Waals surface area contributed by atoms with Crippen LogP contribution in [0.1, 0.15) is 28.9 Å². The largest absolute Gasteiger partial charge is 0.349 e. The maximum absolute atomic E-state index is 12.4. The maximum Gasteiger partial charge on any atom is 0.251 e. The number of carbonyl (C=O) groups is 1. The first-order valence-electron chi connectivity index (χ1n) is 7.49. The number of likely N-dealkylation sites (tertiary alicyclic amines) is 1. The van der Waals surface area contributed by atoms with Gasteiger partial charge in [-0.1, -0.05) is 0 Å². The number of aryl methyl sites for hydroxylation is 1. The smallest absolute Gasteiger partial charge is 0.251 e. The third-order valence-corrected chi connectivity index (χ3v) is 5.01. The Kier molecular flexibility index (Phi) is 4.49. The van der Waals surface area contributed by atoms with E-state index in [0.29, 0.717) is 5.56 Å². The molecule has 1 aliphatic rings. The van der Waals surface area contributed by atoms with Crippen molar-refractivity contribution >= 4 is 17.2 Å². The highest BCUT2D eigenvalue weighted by atomic mass is 32.1. The van der Waals surface area contributed by atoms with Crippen LogP contribution in [0.15, 0.2) is 23.8 Å². The Balaban J connectivity index is 1.72. The van der Waals surface area contributed by atoms with Crippen molar-refractivity contribution in [2.24, 2.45) is 0 Å². The minimum Gasteiger partial charge on any atom is -0.349 e. The fraction of sp³-hybridized carbons (Fsp3) is 0.438. The van der Waals surface area contributed by atoms with Gasteiger partial charge in [-0.2, -0.15) is 0 Å². The SMILES string of the molecule is Cc1ncsc1-c1cc(C(=O)NC2CCN(C)CC2)ccn1. The van der Waals surface area contributed by atoms with Crippen LogP contribution in [0, 0.1) is 6.92 Å². The van der Waals surface area contributed by atoms with Gasteiger partial charge in [0.15, 0.2) is 0 Å². The molecule has 1 amide bonds. The van der Waals surface area contributed by atoms with Crippen molar-refractivity contribution in [1.82, 2.24) is 20.2 Å². The number of hydrogen-bond donors (Lipinski definition) is 1. The summed E-state index contributed by atoms with van der Waals surface area (Å²) < 4.78 is 0. The van der Waals surface area contributed by atoms with Gasteiger partial charge >= 0.3 is 0 Å². The molecule has 0 spiro atoms. The van der Waals surface area contributed by atoms with Crippen LogP contribution in [0.3, 0.4) is 0 Å². The Morgan fingerprint density at radius 2 is 2.14 bits per heavy atom. The van der Waals surface area contributed by atoms with Crippen molar-refractivity contribution in [3.63, 3.8) is 0 Å². The standard InChI is InChI=1S/C16H20N4OS/c1-11-15(22-10-18-11)14-9-12(3-6-17-14)16(21)19-13-4-7-20(2)8-5-13/h3,6,9-10,13H,4-5,7-8H2,1-2H3,(H,19,21). The van der Waals surface area contributed by atoms with E-state index >= 15 is 0 Å². The highest BCUT2D eigenvalue weighted by Gasteiger charge is 2.19. The summed E-state index contributed by atoms with van der Waals surface area (Å²) in [5, 5.41) is 3.14. The summed E-state index contributed by atoms with van der Waals surface area (Å²) in [6.45, 7) is 4.03. The number of aromatic nitrogens is 2. The van der Waals surface area contributed by atoms with Crippen molar-refractivity contribution < 1.29 is 4.79 Å². The monoisotopic (exact) mass is 316 g/mol. The Morgan fingerprint density at radius 3 is 2.82 bits per heavy atom. The van der Waals surface area contributed by atoms with Gasteiger partial charge in [0, 0.05) is 17.8 Å². The van der Waals surface area contributed by atoms with Crippen molar-refractivity contribution in [3.8, 4) is 10.6 Å². The van der Waals surface area contributed by atoms with E-state index in [1.807, 2.05) is 13.0 Å². The average molecular weight is 316 g/mol. The van der Waals surface area contributed by atoms with Gasteiger partial charge in [0.1, 0.15) is 0 Å². The molecule has 2 aromatic rings. The van der Waals surface area contributed by atoms with Crippen molar-refractivity contribution in [1.29, 1.82) is 0 Å². The summed E-state index contributed by atoms with van der Waals surface area (Å²) >= 11 is 1.55. The van der Waals surface area contributed by atoms with Gasteiger partial charge < -0.3 is 10.2 Å². The first-order valence-corrected chi connectivity index (χ1v) is 8.37. The summed E-state index contributed by atoms with van der Waals surface area (Å²) in [4.78, 5) is 24.4. The van der Waals surface area contributed by atoms with Crippen molar-refractivity contribution in [2.45, 2.75) is 25.8 Å². The summed E-state index contributed by atoms with van der Waals surface area (Å²) in [5.74, 6) is -0.0135. The molecule has 6 heteroatoms. The summed E-state index contributed by atoms with van der Waals surface area (Å²) in [6, 6.07) is 3.89. The molecule has 0 atom stereocenters. The van der Waals surface area contributed by atoms with Gasteiger partial charge in [0.25, 0.3) is 5.91 Å². The van der Waals surface area contributed by atoms with E-state index < -0.39 is 0 Å². The Labute approximate surface area is 134 Å². The number of thiazole rings is 1. The minimum atomic E-state index is -0.0135. The lowest BCUT2D eigenvalue weighted by Gasteiger charge is -2.29. The second-order valence-corrected chi connectivity index (χ2v) is 6.60. The van der Waals surface area contributed by atoms with Crippen LogP contribution >= 0.6 is 11.3 Å². The predicted octanol–water partition coefficient (Wildman–Crippen LogP) is 2.34. The molecule has 1 N–H and O–H groups in total. The molecular weight excluding hydrogens is 296 g/mol. The summed E-state index contributed by atoms with van der Waals surface area (Å²) in [6.07, 6.45) is 3.71. The lowest BCUT2D eigenvalue weighted by molar-refractivity contribution is 0.0917. The number of nitrogens with one attached hydrogen (secondary N) is 1. The zero-order chi connectivity index (χ0) is 15.5. The predicted molar refractivity (Wildman–Crippen MR) is 88.1 cm³/mol. The van der Waals surface area contributed by atoms with E-state index in [0.717, 1.165) is 42.2 Å². The highest BCUT2D eigenvalue weighted by Crippen LogP contribution is 2.25. The zero-order valence-corrected chi connectivity index (χ0v) is 13.7. The maximum atomic E-state index is 12.4. The molecule has 1 fully saturated rings. The quantitative estimate of drug-likeness (QED) is 0.944. The van der Waals surface area contributed by atoms with Gasteiger partial charge in [-0.15, -0.1) is 11.3 Å². The molecule has 116 valence electrons. The molecule has 1 aliphatic heterocycles. The van der Waals surface area contributed by atoms with Crippen molar-refractivity contribution in [3.05, 3.63) is 35.1 Å². The number of hydrogen-bond acceptors (Lipinski definition) is 5. The molecule has 3 rings (SSSR count). The second-order valence-electron chi connectivity index (χ2n) is 5.75. The van der Waals surface area contributed by atoms with Crippen LogP contribution in [0.4, 0.5) is 0 Å². The molecule has 0 aliphatic carbocycles. The Morgan fingerprint density at radius 1 is 1.36 bits per heavy atom. The zero-order valence-electron chi connectivity index (χ0n) is 12.9. The number of rotatable bonds is 3. The molecule has 5 nitrogen and oxygen atoms in total. The molecule has 1 saturated heterocycles. The van der Waals surface area contributed by atoms with Gasteiger partial charge in [0.2, 0.25) is 0 Å². The Bertz CT molecular complexity index is 662. The van der Waals surface area contributed by atoms with Crippen LogP contribution in [0.25, 0.3) is 10.6 Å². The van der Waals surface area contributed by atoms with E-state index in [1.165, 1.54) is 0 Å². The van der Waals surface area contributed by atoms with Gasteiger partial charge in [-0.05, 0) is 52.0 Å². The van der Waals surface area contributed by atoms with Crippen LogP contribution < -0.4 is 5.32 Å². The number of amides is 1. The number of nitrogens with zero attached hydrogens (tertiary/aromatic N) is 3. The van der Waals surface area contributed by atoms with Crippen LogP contribution in [0.5, 0.6) is 0 Å². The van der Waals surface area contributed by atoms with Crippen LogP contribution in [-0.2, 0) is 0 Å². The molecule has 0 aromatic carbocycles. The average Bonchev–Trinajstić information content (AvgIpc) is 2.96. The lowest BCUT2D eigenvalue weighted by atomic mass is 10.0. The summed E-state index contributed by atoms with van der Waals surface area (Å²) in [5.41, 5.74) is 4.23. The Hall–Kier alpha value is -1.79. The second kappa shape index (κ2) is 6.54. The first kappa shape index (κ1) is 15.1. The van der Waals surface area contributed by atoms with E-state index in [4.69, 9.17) is 0 Å². The van der Waals surface area contributed by atoms with Gasteiger partial charge in [0.05, 0.1) is 21.8 Å². The van der Waals surface area contributed by atoms with E-state index in [2.05, 4.69) is 27.2 Å².